The maximum absolute atomic E-state index is 12.2. The second kappa shape index (κ2) is 6.58. The van der Waals surface area contributed by atoms with Gasteiger partial charge in [0, 0.05) is 6.54 Å². The zero-order valence-corrected chi connectivity index (χ0v) is 13.4. The van der Waals surface area contributed by atoms with Gasteiger partial charge in [0.25, 0.3) is 21.9 Å². The van der Waals surface area contributed by atoms with Gasteiger partial charge in [-0.2, -0.15) is 8.42 Å². The normalized spacial score (nSPS) is 16.0. The van der Waals surface area contributed by atoms with Crippen LogP contribution in [-0.2, 0) is 14.3 Å². The number of hydrogen-bond acceptors (Lipinski definition) is 5. The molecule has 1 atom stereocenters. The first kappa shape index (κ1) is 16.6. The van der Waals surface area contributed by atoms with Gasteiger partial charge in [-0.05, 0) is 31.4 Å². The van der Waals surface area contributed by atoms with Gasteiger partial charge >= 0.3 is 0 Å². The van der Waals surface area contributed by atoms with Gasteiger partial charge in [-0.25, -0.2) is 0 Å². The second-order valence-electron chi connectivity index (χ2n) is 5.28. The Kier molecular flexibility index (Phi) is 4.97. The maximum Gasteiger partial charge on any atom is 0.264 e. The van der Waals surface area contributed by atoms with Crippen molar-refractivity contribution >= 4 is 21.9 Å². The zero-order chi connectivity index (χ0) is 16.3. The Hall–Kier alpha value is -1.73. The van der Waals surface area contributed by atoms with Crippen molar-refractivity contribution in [2.45, 2.75) is 32.3 Å². The molecule has 120 valence electrons. The first-order chi connectivity index (χ1) is 10.3. The Balaban J connectivity index is 1.93. The van der Waals surface area contributed by atoms with Crippen molar-refractivity contribution in [1.82, 2.24) is 4.90 Å². The summed E-state index contributed by atoms with van der Waals surface area (Å²) < 4.78 is 27.2. The average molecular weight is 325 g/mol. The smallest absolute Gasteiger partial charge is 0.264 e. The highest BCUT2D eigenvalue weighted by Crippen LogP contribution is 2.23. The quantitative estimate of drug-likeness (QED) is 0.564. The van der Waals surface area contributed by atoms with Crippen molar-refractivity contribution in [2.24, 2.45) is 0 Å². The summed E-state index contributed by atoms with van der Waals surface area (Å²) in [6, 6.07) is 6.72. The fraction of sp³-hybridized carbons (Fsp3) is 0.467. The maximum atomic E-state index is 12.2. The van der Waals surface area contributed by atoms with Crippen LogP contribution in [0.15, 0.2) is 24.3 Å². The zero-order valence-electron chi connectivity index (χ0n) is 12.6. The third-order valence-electron chi connectivity index (χ3n) is 3.55. The topological polar surface area (TPSA) is 80.8 Å². The molecule has 1 aliphatic rings. The molecule has 1 aliphatic heterocycles. The van der Waals surface area contributed by atoms with E-state index in [-0.39, 0.29) is 18.4 Å². The molecule has 7 heteroatoms. The summed E-state index contributed by atoms with van der Waals surface area (Å²) in [4.78, 5) is 25.5. The van der Waals surface area contributed by atoms with Crippen LogP contribution in [0.3, 0.4) is 0 Å². The minimum absolute atomic E-state index is 0.260. The molecular weight excluding hydrogens is 306 g/mol. The van der Waals surface area contributed by atoms with Gasteiger partial charge in [-0.15, -0.1) is 0 Å². The Morgan fingerprint density at radius 1 is 1.14 bits per heavy atom. The summed E-state index contributed by atoms with van der Waals surface area (Å²) >= 11 is 0. The second-order valence-corrected chi connectivity index (χ2v) is 6.88. The third kappa shape index (κ3) is 3.72. The van der Waals surface area contributed by atoms with E-state index in [4.69, 9.17) is 4.18 Å². The number of imide groups is 1. The van der Waals surface area contributed by atoms with Gasteiger partial charge in [0.05, 0.1) is 23.5 Å². The number of rotatable bonds is 7. The summed E-state index contributed by atoms with van der Waals surface area (Å²) in [6.07, 6.45) is 2.11. The Morgan fingerprint density at radius 3 is 2.14 bits per heavy atom. The molecule has 2 rings (SSSR count). The number of amides is 2. The van der Waals surface area contributed by atoms with Gasteiger partial charge in [-0.1, -0.05) is 19.1 Å². The largest absolute Gasteiger partial charge is 0.274 e. The van der Waals surface area contributed by atoms with Crippen molar-refractivity contribution in [2.75, 3.05) is 12.8 Å². The Morgan fingerprint density at radius 2 is 1.68 bits per heavy atom. The molecule has 1 aromatic rings. The number of hydrogen-bond donors (Lipinski definition) is 0. The van der Waals surface area contributed by atoms with E-state index in [9.17, 15) is 18.0 Å². The highest BCUT2D eigenvalue weighted by atomic mass is 32.2. The Labute approximate surface area is 130 Å². The van der Waals surface area contributed by atoms with Crippen molar-refractivity contribution in [1.29, 1.82) is 0 Å². The number of benzene rings is 1. The van der Waals surface area contributed by atoms with E-state index in [2.05, 4.69) is 0 Å². The fourth-order valence-electron chi connectivity index (χ4n) is 2.49. The predicted molar refractivity (Wildman–Crippen MR) is 81.1 cm³/mol. The van der Waals surface area contributed by atoms with Crippen LogP contribution in [0.5, 0.6) is 0 Å². The minimum Gasteiger partial charge on any atom is -0.274 e. The van der Waals surface area contributed by atoms with Gasteiger partial charge in [0.1, 0.15) is 0 Å². The summed E-state index contributed by atoms with van der Waals surface area (Å²) in [5.41, 5.74) is 0.846. The van der Waals surface area contributed by atoms with Gasteiger partial charge in [0.2, 0.25) is 0 Å². The molecule has 0 saturated heterocycles. The molecule has 0 radical (unpaired) electrons. The van der Waals surface area contributed by atoms with Crippen LogP contribution in [0.1, 0.15) is 46.9 Å². The van der Waals surface area contributed by atoms with Crippen LogP contribution in [0.25, 0.3) is 0 Å². The lowest BCUT2D eigenvalue weighted by molar-refractivity contribution is 0.0644. The molecule has 1 unspecified atom stereocenters. The summed E-state index contributed by atoms with van der Waals surface area (Å²) in [5, 5.41) is 0. The van der Waals surface area contributed by atoms with Gasteiger partial charge < -0.3 is 0 Å². The van der Waals surface area contributed by atoms with Crippen LogP contribution in [0.4, 0.5) is 0 Å². The molecule has 2 amide bonds. The lowest BCUT2D eigenvalue weighted by Crippen LogP contribution is -2.31. The van der Waals surface area contributed by atoms with Gasteiger partial charge in [-0.3, -0.25) is 18.7 Å². The molecule has 6 nitrogen and oxygen atoms in total. The van der Waals surface area contributed by atoms with E-state index in [1.165, 1.54) is 4.90 Å². The van der Waals surface area contributed by atoms with E-state index < -0.39 is 16.2 Å². The number of carbonyl (C=O) groups is 2. The molecule has 0 aliphatic carbocycles. The van der Waals surface area contributed by atoms with Crippen molar-refractivity contribution < 1.29 is 22.2 Å². The summed E-state index contributed by atoms with van der Waals surface area (Å²) in [6.45, 7) is 2.09. The van der Waals surface area contributed by atoms with Crippen molar-refractivity contribution in [3.8, 4) is 0 Å². The third-order valence-corrected chi connectivity index (χ3v) is 4.17. The highest BCUT2D eigenvalue weighted by molar-refractivity contribution is 7.86. The van der Waals surface area contributed by atoms with E-state index in [1.807, 2.05) is 6.92 Å². The molecule has 1 aromatic carbocycles. The number of fused-ring (bicyclic) bond motifs is 1. The molecule has 0 N–H and O–H groups in total. The molecule has 0 fully saturated rings. The first-order valence-electron chi connectivity index (χ1n) is 7.17. The van der Waals surface area contributed by atoms with Crippen LogP contribution >= 0.6 is 0 Å². The predicted octanol–water partition coefficient (Wildman–Crippen LogP) is 1.82. The molecule has 0 spiro atoms. The van der Waals surface area contributed by atoms with Crippen LogP contribution in [0, 0.1) is 0 Å². The number of carbonyl (C=O) groups excluding carboxylic acids is 2. The molecule has 0 aromatic heterocycles. The SMILES string of the molecule is CCC(CCCN1C(=O)c2ccccc2C1=O)OS(C)(=O)=O. The van der Waals surface area contributed by atoms with Crippen LogP contribution < -0.4 is 0 Å². The highest BCUT2D eigenvalue weighted by Gasteiger charge is 2.34. The van der Waals surface area contributed by atoms with E-state index in [0.717, 1.165) is 6.26 Å². The average Bonchev–Trinajstić information content (AvgIpc) is 2.70. The summed E-state index contributed by atoms with van der Waals surface area (Å²) in [7, 11) is -3.50. The lowest BCUT2D eigenvalue weighted by Gasteiger charge is -2.17. The van der Waals surface area contributed by atoms with Crippen molar-refractivity contribution in [3.05, 3.63) is 35.4 Å². The molecule has 0 saturated carbocycles. The first-order valence-corrected chi connectivity index (χ1v) is 8.98. The van der Waals surface area contributed by atoms with E-state index >= 15 is 0 Å². The van der Waals surface area contributed by atoms with Crippen LogP contribution in [0.2, 0.25) is 0 Å². The summed E-state index contributed by atoms with van der Waals surface area (Å²) in [5.74, 6) is -0.588. The lowest BCUT2D eigenvalue weighted by atomic mass is 10.1. The van der Waals surface area contributed by atoms with Gasteiger partial charge in [0.15, 0.2) is 0 Å². The fourth-order valence-corrected chi connectivity index (χ4v) is 3.21. The monoisotopic (exact) mass is 325 g/mol. The molecule has 1 heterocycles. The van der Waals surface area contributed by atoms with Crippen LogP contribution in [-0.4, -0.2) is 44.0 Å². The standard InChI is InChI=1S/C15H19NO5S/c1-3-11(21-22(2,19)20)7-6-10-16-14(17)12-8-4-5-9-13(12)15(16)18/h4-5,8-9,11H,3,6-7,10H2,1-2H3. The van der Waals surface area contributed by atoms with Crippen molar-refractivity contribution in [3.63, 3.8) is 0 Å². The molecule has 0 bridgehead atoms. The van der Waals surface area contributed by atoms with E-state index in [1.54, 1.807) is 24.3 Å². The molecular formula is C15H19NO5S. The number of nitrogens with zero attached hydrogens (tertiary/aromatic N) is 1. The molecule has 22 heavy (non-hydrogen) atoms. The Bertz CT molecular complexity index is 648. The minimum atomic E-state index is -3.50. The van der Waals surface area contributed by atoms with E-state index in [0.29, 0.717) is 30.4 Å².